The molecule has 3 aromatic heterocycles. The predicted molar refractivity (Wildman–Crippen MR) is 608 cm³/mol. The van der Waals surface area contributed by atoms with E-state index in [0.717, 1.165) is 137 Å². The van der Waals surface area contributed by atoms with Gasteiger partial charge in [-0.1, -0.05) is 357 Å². The SMILES string of the molecule is CC(C)(C)C(O)CC(O)C(C)(C)C.CC(C)(C)C(O)CC(O)C(C)(C)C.CC(C)(C)C(O)CC(O)C(C)(C)C.CC(C)Cc1[c-]c(-c2nc3cc4ccccc4cc3nc2-c2cc(CC(C)C)cc(CC(C)C)c2)cc(CC(C)C)c1.Cc1[c-]c(-c2nc3c(C)c4ccccc4c(C)c3nc2-c2cc(C)cc(C)c2)cc(C)c1.Cc1[c-]c(-c2nc3cc4ccccc4cc3nc2-c2cc(C)cc(C)c2)cc(C)c1.[Ir].[Ir].[Ir]. The van der Waals surface area contributed by atoms with Crippen LogP contribution in [0, 0.1) is 144 Å². The second-order valence-corrected chi connectivity index (χ2v) is 49.2. The van der Waals surface area contributed by atoms with Gasteiger partial charge < -0.3 is 30.6 Å². The largest absolute Gasteiger partial charge is 0.392 e. The number of hydrogen-bond donors (Lipinski definition) is 6. The molecule has 6 atom stereocenters. The van der Waals surface area contributed by atoms with Gasteiger partial charge in [0.1, 0.15) is 0 Å². The molecule has 3 radical (unpaired) electrons. The standard InChI is InChI=1S/C40H47N2.C30H27N2.C28H23N2.3C11H24O2.3Ir/c1-25(2)13-29-17-30(14-26(3)4)20-35(19-29)39-40(36-21-31(15-27(5)6)18-32(22-36)16-28(7)8)42-38-24-34-12-10-9-11-33(34)23-37(38)41-39;1-17-11-18(2)14-23(13-17)29-30(24-15-19(3)12-20(4)16-24)32-28-22(6)26-10-8-7-9-25(26)21(5)27(28)31-29;1-17-9-18(2)12-23(11-17)27-28(24-13-19(3)10-20(4)14-24)30-26-16-22-8-6-5-7-21(22)15-25(26)29-27;3*1-10(2,3)8(12)7-9(13)11(4,5)6;;;/h9-12,17-21,23-28H,13-16H2,1-8H3;7-15H,1-6H3;5-13,15-16H,1-4H3;3*8-9,12-13H,7H2,1-6H3;;;/q3*-1;;;;;;. The van der Waals surface area contributed by atoms with Crippen LogP contribution in [-0.4, -0.2) is 97.2 Å². The third-order valence-corrected chi connectivity index (χ3v) is 26.7. The third-order valence-electron chi connectivity index (χ3n) is 26.7. The van der Waals surface area contributed by atoms with Crippen molar-refractivity contribution in [3.05, 3.63) is 284 Å². The molecule has 0 amide bonds. The Hall–Kier alpha value is -8.85. The van der Waals surface area contributed by atoms with Gasteiger partial charge in [-0.2, -0.15) is 0 Å². The van der Waals surface area contributed by atoms with Crippen LogP contribution in [0.3, 0.4) is 0 Å². The van der Waals surface area contributed by atoms with Gasteiger partial charge in [-0.15, -0.1) is 105 Å². The summed E-state index contributed by atoms with van der Waals surface area (Å²) in [4.78, 5) is 31.6. The first kappa shape index (κ1) is 124. The van der Waals surface area contributed by atoms with E-state index < -0.39 is 36.6 Å². The van der Waals surface area contributed by atoms with Crippen molar-refractivity contribution in [1.29, 1.82) is 0 Å². The van der Waals surface area contributed by atoms with E-state index in [9.17, 15) is 30.6 Å². The molecule has 789 valence electrons. The molecule has 12 nitrogen and oxygen atoms in total. The fourth-order valence-electron chi connectivity index (χ4n) is 18.1. The van der Waals surface area contributed by atoms with Crippen LogP contribution < -0.4 is 0 Å². The zero-order valence-corrected chi connectivity index (χ0v) is 102. The van der Waals surface area contributed by atoms with Crippen LogP contribution in [0.15, 0.2) is 188 Å². The number of aromatic nitrogens is 6. The summed E-state index contributed by atoms with van der Waals surface area (Å²) in [6, 6.07) is 78.5. The van der Waals surface area contributed by atoms with Crippen molar-refractivity contribution in [1.82, 2.24) is 29.9 Å². The molecule has 0 fully saturated rings. The molecular weight excluding hydrogens is 2330 g/mol. The Morgan fingerprint density at radius 2 is 0.486 bits per heavy atom. The summed E-state index contributed by atoms with van der Waals surface area (Å²) in [6.45, 7) is 75.2. The van der Waals surface area contributed by atoms with Gasteiger partial charge >= 0.3 is 0 Å². The van der Waals surface area contributed by atoms with Crippen LogP contribution in [0.4, 0.5) is 0 Å². The van der Waals surface area contributed by atoms with E-state index in [4.69, 9.17) is 29.9 Å². The maximum absolute atomic E-state index is 9.76. The van der Waals surface area contributed by atoms with E-state index in [1.807, 2.05) is 125 Å². The molecule has 0 aliphatic heterocycles. The normalized spacial score (nSPS) is 13.2. The minimum absolute atomic E-state index is 0. The molecule has 15 heteroatoms. The first-order valence-corrected chi connectivity index (χ1v) is 52.0. The summed E-state index contributed by atoms with van der Waals surface area (Å²) < 4.78 is 0. The van der Waals surface area contributed by atoms with Gasteiger partial charge in [-0.05, 0) is 219 Å². The number of aliphatic hydroxyl groups excluding tert-OH is 6. The Labute approximate surface area is 917 Å². The smallest absolute Gasteiger partial charge is 0.0913 e. The minimum atomic E-state index is -0.443. The van der Waals surface area contributed by atoms with Crippen molar-refractivity contribution in [3.8, 4) is 67.5 Å². The summed E-state index contributed by atoms with van der Waals surface area (Å²) in [5, 5.41) is 65.8. The number of aliphatic hydroxyl groups is 6. The van der Waals surface area contributed by atoms with Crippen LogP contribution in [0.25, 0.3) is 133 Å². The van der Waals surface area contributed by atoms with Crippen molar-refractivity contribution in [2.24, 2.45) is 56.2 Å². The molecule has 3 heterocycles. The van der Waals surface area contributed by atoms with Crippen LogP contribution in [0.5, 0.6) is 0 Å². The fourth-order valence-corrected chi connectivity index (χ4v) is 18.1. The number of fused-ring (bicyclic) bond motifs is 6. The first-order valence-electron chi connectivity index (χ1n) is 52.0. The van der Waals surface area contributed by atoms with Crippen LogP contribution in [0.2, 0.25) is 0 Å². The molecule has 0 bridgehead atoms. The van der Waals surface area contributed by atoms with Gasteiger partial charge in [0.25, 0.3) is 0 Å². The molecule has 0 saturated carbocycles. The number of rotatable bonds is 20. The zero-order chi connectivity index (χ0) is 106. The van der Waals surface area contributed by atoms with Gasteiger partial charge in [0, 0.05) is 96.7 Å². The van der Waals surface area contributed by atoms with Crippen LogP contribution in [0.1, 0.15) is 277 Å². The molecule has 0 spiro atoms. The molecule has 15 aromatic rings. The van der Waals surface area contributed by atoms with Gasteiger partial charge in [0.15, 0.2) is 0 Å². The minimum Gasteiger partial charge on any atom is -0.392 e. The Kier molecular flexibility index (Phi) is 44.4. The van der Waals surface area contributed by atoms with Crippen molar-refractivity contribution in [2.75, 3.05) is 0 Å². The van der Waals surface area contributed by atoms with E-state index in [1.165, 1.54) is 99.1 Å². The summed E-state index contributed by atoms with van der Waals surface area (Å²) in [6.07, 6.45) is 2.84. The second-order valence-electron chi connectivity index (χ2n) is 49.2. The molecule has 15 rings (SSSR count). The van der Waals surface area contributed by atoms with Crippen LogP contribution >= 0.6 is 0 Å². The van der Waals surface area contributed by atoms with E-state index in [-0.39, 0.29) is 92.8 Å². The van der Waals surface area contributed by atoms with Gasteiger partial charge in [0.2, 0.25) is 0 Å². The molecular formula is C131H169Ir3N6O6-3. The number of nitrogens with zero attached hydrogens (tertiary/aromatic N) is 6. The number of hydrogen-bond acceptors (Lipinski definition) is 12. The van der Waals surface area contributed by atoms with E-state index in [1.54, 1.807) is 0 Å². The van der Waals surface area contributed by atoms with Crippen molar-refractivity contribution >= 4 is 65.4 Å². The van der Waals surface area contributed by atoms with Gasteiger partial charge in [-0.3, -0.25) is 29.9 Å². The average molecular weight is 2500 g/mol. The Bertz CT molecular complexity index is 6280. The molecule has 6 N–H and O–H groups in total. The molecule has 146 heavy (non-hydrogen) atoms. The van der Waals surface area contributed by atoms with Crippen molar-refractivity contribution in [2.45, 2.75) is 331 Å². The first-order chi connectivity index (χ1) is 66.4. The van der Waals surface area contributed by atoms with Gasteiger partial charge in [0.05, 0.1) is 86.8 Å². The van der Waals surface area contributed by atoms with E-state index in [2.05, 4.69) is 331 Å². The third kappa shape index (κ3) is 34.9. The Balaban J connectivity index is 0.000000251. The second kappa shape index (κ2) is 52.3. The fraction of sp³-hybridized carbons (Fsp3) is 0.450. The molecule has 0 saturated heterocycles. The summed E-state index contributed by atoms with van der Waals surface area (Å²) in [5.41, 5.74) is 33.9. The Morgan fingerprint density at radius 1 is 0.247 bits per heavy atom. The summed E-state index contributed by atoms with van der Waals surface area (Å²) in [7, 11) is 0. The predicted octanol–water partition coefficient (Wildman–Crippen LogP) is 32.2. The number of benzene rings is 12. The summed E-state index contributed by atoms with van der Waals surface area (Å²) in [5.74, 6) is 2.30. The maximum Gasteiger partial charge on any atom is 0.0913 e. The molecule has 0 aliphatic carbocycles. The van der Waals surface area contributed by atoms with E-state index in [0.29, 0.717) is 42.9 Å². The number of aryl methyl sites for hydroxylation is 10. The van der Waals surface area contributed by atoms with Crippen molar-refractivity contribution < 1.29 is 91.0 Å². The quantitative estimate of drug-likeness (QED) is 0.0312. The topological polar surface area (TPSA) is 199 Å². The van der Waals surface area contributed by atoms with Crippen LogP contribution in [-0.2, 0) is 86.0 Å². The monoisotopic (exact) mass is 2500 g/mol. The Morgan fingerprint density at radius 3 is 0.767 bits per heavy atom. The molecule has 0 aliphatic rings. The summed E-state index contributed by atoms with van der Waals surface area (Å²) >= 11 is 0. The van der Waals surface area contributed by atoms with Crippen molar-refractivity contribution in [3.63, 3.8) is 0 Å². The zero-order valence-electron chi connectivity index (χ0n) is 94.5. The average Bonchev–Trinajstić information content (AvgIpc) is 0.793. The van der Waals surface area contributed by atoms with E-state index >= 15 is 0 Å². The molecule has 12 aromatic carbocycles. The molecule has 6 unspecified atom stereocenters. The maximum atomic E-state index is 9.76. The van der Waals surface area contributed by atoms with Gasteiger partial charge in [-0.25, -0.2) is 0 Å².